The van der Waals surface area contributed by atoms with Crippen LogP contribution in [0, 0.1) is 0 Å². The quantitative estimate of drug-likeness (QED) is 0.180. The molecule has 0 fully saturated rings. The molecule has 2 aromatic heterocycles. The number of fused-ring (bicyclic) bond motifs is 12. The van der Waals surface area contributed by atoms with Gasteiger partial charge < -0.3 is 4.42 Å². The van der Waals surface area contributed by atoms with Gasteiger partial charge in [-0.2, -0.15) is 0 Å². The zero-order valence-electron chi connectivity index (χ0n) is 30.6. The van der Waals surface area contributed by atoms with Crippen molar-refractivity contribution in [2.24, 2.45) is 0 Å². The van der Waals surface area contributed by atoms with Gasteiger partial charge in [-0.15, -0.1) is 0 Å². The van der Waals surface area contributed by atoms with Crippen molar-refractivity contribution in [1.82, 2.24) is 15.0 Å². The minimum absolute atomic E-state index is 0.496. The Balaban J connectivity index is 1.10. The number of rotatable bonds is 4. The van der Waals surface area contributed by atoms with Crippen LogP contribution in [0.15, 0.2) is 202 Å². The lowest BCUT2D eigenvalue weighted by Gasteiger charge is -2.39. The van der Waals surface area contributed by atoms with Gasteiger partial charge in [0.15, 0.2) is 17.5 Å². The number of furan rings is 1. The van der Waals surface area contributed by atoms with Crippen LogP contribution in [0.5, 0.6) is 0 Å². The fourth-order valence-electron chi connectivity index (χ4n) is 9.15. The molecule has 0 saturated carbocycles. The van der Waals surface area contributed by atoms with Crippen LogP contribution >= 0.6 is 11.8 Å². The Bertz CT molecular complexity index is 3160. The first-order valence-corrected chi connectivity index (χ1v) is 20.0. The van der Waals surface area contributed by atoms with E-state index in [0.717, 1.165) is 44.2 Å². The van der Waals surface area contributed by atoms with Gasteiger partial charge in [-0.3, -0.25) is 0 Å². The van der Waals surface area contributed by atoms with Gasteiger partial charge in [0.2, 0.25) is 0 Å². The molecule has 0 atom stereocenters. The Morgan fingerprint density at radius 2 is 0.895 bits per heavy atom. The average molecular weight is 746 g/mol. The van der Waals surface area contributed by atoms with E-state index < -0.39 is 5.41 Å². The second-order valence-corrected chi connectivity index (χ2v) is 15.8. The Morgan fingerprint density at radius 1 is 0.368 bits per heavy atom. The van der Waals surface area contributed by atoms with E-state index in [1.807, 2.05) is 54.2 Å². The van der Waals surface area contributed by atoms with E-state index >= 15 is 0 Å². The second kappa shape index (κ2) is 12.5. The Morgan fingerprint density at radius 3 is 1.60 bits per heavy atom. The molecule has 57 heavy (non-hydrogen) atoms. The van der Waals surface area contributed by atoms with Crippen LogP contribution in [0.25, 0.3) is 78.4 Å². The molecule has 5 heteroatoms. The summed E-state index contributed by atoms with van der Waals surface area (Å²) in [6.45, 7) is 0. The highest BCUT2D eigenvalue weighted by Crippen LogP contribution is 2.62. The lowest BCUT2D eigenvalue weighted by Crippen LogP contribution is -2.31. The number of aromatic nitrogens is 3. The number of nitrogens with zero attached hydrogens (tertiary/aromatic N) is 3. The number of hydrogen-bond donors (Lipinski definition) is 0. The zero-order valence-corrected chi connectivity index (χ0v) is 31.4. The highest BCUT2D eigenvalue weighted by molar-refractivity contribution is 7.99. The molecule has 4 nitrogen and oxygen atoms in total. The van der Waals surface area contributed by atoms with Crippen molar-refractivity contribution in [3.8, 4) is 56.4 Å². The van der Waals surface area contributed by atoms with Crippen LogP contribution < -0.4 is 0 Å². The average Bonchev–Trinajstić information content (AvgIpc) is 3.80. The summed E-state index contributed by atoms with van der Waals surface area (Å²) in [4.78, 5) is 17.9. The molecule has 266 valence electrons. The van der Waals surface area contributed by atoms with Crippen molar-refractivity contribution in [2.75, 3.05) is 0 Å². The van der Waals surface area contributed by atoms with Crippen LogP contribution in [0.2, 0.25) is 0 Å². The smallest absolute Gasteiger partial charge is 0.164 e. The third-order valence-corrected chi connectivity index (χ3v) is 12.8. The summed E-state index contributed by atoms with van der Waals surface area (Å²) in [5, 5.41) is 2.03. The van der Waals surface area contributed by atoms with Crippen molar-refractivity contribution in [1.29, 1.82) is 0 Å². The minimum Gasteiger partial charge on any atom is -0.456 e. The molecule has 2 aliphatic rings. The van der Waals surface area contributed by atoms with E-state index in [1.165, 1.54) is 48.7 Å². The third-order valence-electron chi connectivity index (χ3n) is 11.6. The van der Waals surface area contributed by atoms with E-state index in [9.17, 15) is 0 Å². The molecule has 1 spiro atoms. The van der Waals surface area contributed by atoms with Crippen molar-refractivity contribution in [3.63, 3.8) is 0 Å². The van der Waals surface area contributed by atoms with Gasteiger partial charge in [-0.1, -0.05) is 176 Å². The SMILES string of the molecule is c1ccc(-c2ccc(-c3nc(-c4ccccc4)nc(-c4cccc5oc6cc7c(cc6c45)C4(c5ccccc5S7)c5ccccc5-c5ccccc54)n3)cc2)cc1. The predicted molar refractivity (Wildman–Crippen MR) is 230 cm³/mol. The number of benzene rings is 8. The van der Waals surface area contributed by atoms with Crippen LogP contribution in [-0.4, -0.2) is 15.0 Å². The number of hydrogen-bond acceptors (Lipinski definition) is 5. The van der Waals surface area contributed by atoms with E-state index in [4.69, 9.17) is 19.4 Å². The fraction of sp³-hybridized carbons (Fsp3) is 0.0192. The van der Waals surface area contributed by atoms with E-state index in [1.54, 1.807) is 0 Å². The van der Waals surface area contributed by atoms with Crippen molar-refractivity contribution >= 4 is 33.7 Å². The molecule has 0 amide bonds. The van der Waals surface area contributed by atoms with Crippen LogP contribution in [0.3, 0.4) is 0 Å². The fourth-order valence-corrected chi connectivity index (χ4v) is 10.3. The largest absolute Gasteiger partial charge is 0.456 e. The van der Waals surface area contributed by atoms with E-state index in [-0.39, 0.29) is 0 Å². The summed E-state index contributed by atoms with van der Waals surface area (Å²) in [6, 6.07) is 66.6. The molecule has 0 radical (unpaired) electrons. The van der Waals surface area contributed by atoms with Gasteiger partial charge in [0.25, 0.3) is 0 Å². The highest BCUT2D eigenvalue weighted by atomic mass is 32.2. The van der Waals surface area contributed by atoms with Gasteiger partial charge in [-0.05, 0) is 68.8 Å². The van der Waals surface area contributed by atoms with Gasteiger partial charge in [0.1, 0.15) is 11.2 Å². The first-order valence-electron chi connectivity index (χ1n) is 19.2. The van der Waals surface area contributed by atoms with Gasteiger partial charge in [-0.25, -0.2) is 15.0 Å². The predicted octanol–water partition coefficient (Wildman–Crippen LogP) is 13.3. The van der Waals surface area contributed by atoms with Crippen LogP contribution in [-0.2, 0) is 5.41 Å². The standard InChI is InChI=1S/C52H31N3OS/c1-3-14-32(15-4-1)33-26-28-35(29-27-33)50-53-49(34-16-5-2-6-17-34)54-51(55-50)38-20-13-24-44-48(38)39-30-43-47(31-45(39)56-44)57-46-25-12-11-23-42(46)52(43)40-21-9-7-18-36(40)37-19-8-10-22-41(37)52/h1-31H. The van der Waals surface area contributed by atoms with E-state index in [0.29, 0.717) is 17.5 Å². The van der Waals surface area contributed by atoms with Crippen molar-refractivity contribution in [2.45, 2.75) is 15.2 Å². The highest BCUT2D eigenvalue weighted by Gasteiger charge is 2.50. The summed E-state index contributed by atoms with van der Waals surface area (Å²) in [6.07, 6.45) is 0. The lowest BCUT2D eigenvalue weighted by atomic mass is 9.67. The molecule has 12 rings (SSSR count). The topological polar surface area (TPSA) is 51.8 Å². The van der Waals surface area contributed by atoms with Crippen molar-refractivity contribution in [3.05, 3.63) is 210 Å². The maximum Gasteiger partial charge on any atom is 0.164 e. The summed E-state index contributed by atoms with van der Waals surface area (Å²) in [5.74, 6) is 1.84. The first-order chi connectivity index (χ1) is 28.2. The first kappa shape index (κ1) is 32.2. The Hall–Kier alpha value is -7.08. The van der Waals surface area contributed by atoms with Gasteiger partial charge in [0.05, 0.1) is 5.41 Å². The molecule has 0 bridgehead atoms. The van der Waals surface area contributed by atoms with Crippen molar-refractivity contribution < 1.29 is 4.42 Å². The summed E-state index contributed by atoms with van der Waals surface area (Å²) >= 11 is 1.82. The molecule has 0 N–H and O–H groups in total. The lowest BCUT2D eigenvalue weighted by molar-refractivity contribution is 0.664. The van der Waals surface area contributed by atoms with Crippen LogP contribution in [0.1, 0.15) is 22.3 Å². The van der Waals surface area contributed by atoms with E-state index in [2.05, 4.69) is 146 Å². The molecule has 0 unspecified atom stereocenters. The van der Waals surface area contributed by atoms with Gasteiger partial charge >= 0.3 is 0 Å². The molecule has 1 aliphatic heterocycles. The summed E-state index contributed by atoms with van der Waals surface area (Å²) in [7, 11) is 0. The molecular weight excluding hydrogens is 715 g/mol. The summed E-state index contributed by atoms with van der Waals surface area (Å²) in [5.41, 5.74) is 13.9. The normalized spacial score (nSPS) is 13.3. The zero-order chi connectivity index (χ0) is 37.5. The molecule has 0 saturated heterocycles. The molecule has 1 aliphatic carbocycles. The molecular formula is C52H31N3OS. The van der Waals surface area contributed by atoms with Gasteiger partial charge in [0, 0.05) is 37.3 Å². The second-order valence-electron chi connectivity index (χ2n) is 14.7. The summed E-state index contributed by atoms with van der Waals surface area (Å²) < 4.78 is 6.76. The Labute approximate surface area is 333 Å². The maximum absolute atomic E-state index is 6.76. The third kappa shape index (κ3) is 4.79. The van der Waals surface area contributed by atoms with Crippen LogP contribution in [0.4, 0.5) is 0 Å². The molecule has 10 aromatic rings. The maximum atomic E-state index is 6.76. The minimum atomic E-state index is -0.496. The Kier molecular flexibility index (Phi) is 7.04. The monoisotopic (exact) mass is 745 g/mol. The molecule has 8 aromatic carbocycles. The molecule has 3 heterocycles.